The van der Waals surface area contributed by atoms with Crippen LogP contribution in [-0.2, 0) is 11.2 Å². The smallest absolute Gasteiger partial charge is 0.244 e. The molecule has 0 atom stereocenters. The lowest BCUT2D eigenvalue weighted by Crippen LogP contribution is -2.19. The number of halogens is 1. The number of carbonyl (C=O) groups excluding carboxylic acids is 1. The number of carbonyl (C=O) groups is 1. The van der Waals surface area contributed by atoms with Crippen molar-refractivity contribution in [3.05, 3.63) is 64.1 Å². The number of hydrazone groups is 1. The third-order valence-electron chi connectivity index (χ3n) is 2.80. The van der Waals surface area contributed by atoms with Gasteiger partial charge < -0.3 is 4.74 Å². The number of nitrogens with zero attached hydrogens (tertiary/aromatic N) is 1. The Labute approximate surface area is 132 Å². The summed E-state index contributed by atoms with van der Waals surface area (Å²) in [6.07, 6.45) is 1.89. The van der Waals surface area contributed by atoms with E-state index in [-0.39, 0.29) is 12.3 Å². The van der Waals surface area contributed by atoms with E-state index in [0.29, 0.717) is 0 Å². The third-order valence-corrected chi connectivity index (χ3v) is 3.33. The molecule has 2 rings (SSSR count). The van der Waals surface area contributed by atoms with Crippen molar-refractivity contribution in [3.8, 4) is 5.75 Å². The van der Waals surface area contributed by atoms with Gasteiger partial charge in [-0.2, -0.15) is 5.10 Å². The first-order valence-electron chi connectivity index (χ1n) is 6.38. The Morgan fingerprint density at radius 2 is 1.86 bits per heavy atom. The van der Waals surface area contributed by atoms with Gasteiger partial charge in [0.2, 0.25) is 5.91 Å². The van der Waals surface area contributed by atoms with E-state index in [1.54, 1.807) is 13.3 Å². The first kappa shape index (κ1) is 15.3. The molecule has 0 bridgehead atoms. The lowest BCUT2D eigenvalue weighted by atomic mass is 10.1. The van der Waals surface area contributed by atoms with Crippen LogP contribution in [0.3, 0.4) is 0 Å². The molecule has 2 aromatic rings. The van der Waals surface area contributed by atoms with E-state index < -0.39 is 0 Å². The van der Waals surface area contributed by atoms with Crippen molar-refractivity contribution in [1.82, 2.24) is 5.43 Å². The van der Waals surface area contributed by atoms with Crippen LogP contribution >= 0.6 is 15.9 Å². The van der Waals surface area contributed by atoms with Crippen molar-refractivity contribution in [1.29, 1.82) is 0 Å². The summed E-state index contributed by atoms with van der Waals surface area (Å²) in [6.45, 7) is 0. The maximum absolute atomic E-state index is 11.7. The molecule has 0 spiro atoms. The molecule has 1 N–H and O–H groups in total. The summed E-state index contributed by atoms with van der Waals surface area (Å²) >= 11 is 3.36. The minimum atomic E-state index is -0.159. The van der Waals surface area contributed by atoms with E-state index in [2.05, 4.69) is 26.5 Å². The lowest BCUT2D eigenvalue weighted by Gasteiger charge is -2.02. The van der Waals surface area contributed by atoms with Crippen molar-refractivity contribution in [2.45, 2.75) is 6.42 Å². The molecule has 0 aliphatic carbocycles. The molecule has 0 saturated heterocycles. The molecular weight excluding hydrogens is 332 g/mol. The summed E-state index contributed by atoms with van der Waals surface area (Å²) in [7, 11) is 1.61. The van der Waals surface area contributed by atoms with Crippen molar-refractivity contribution in [3.63, 3.8) is 0 Å². The van der Waals surface area contributed by atoms with Gasteiger partial charge in [0.1, 0.15) is 5.75 Å². The molecule has 5 heteroatoms. The molecule has 1 amide bonds. The van der Waals surface area contributed by atoms with Crippen LogP contribution in [0.25, 0.3) is 0 Å². The van der Waals surface area contributed by atoms with E-state index in [0.717, 1.165) is 21.3 Å². The van der Waals surface area contributed by atoms with E-state index in [4.69, 9.17) is 4.74 Å². The first-order valence-corrected chi connectivity index (χ1v) is 7.17. The molecular formula is C16H15BrN2O2. The minimum absolute atomic E-state index is 0.159. The maximum Gasteiger partial charge on any atom is 0.244 e. The number of hydrogen-bond donors (Lipinski definition) is 1. The Morgan fingerprint density at radius 3 is 2.48 bits per heavy atom. The fourth-order valence-electron chi connectivity index (χ4n) is 1.70. The zero-order valence-electron chi connectivity index (χ0n) is 11.5. The Hall–Kier alpha value is -2.14. The van der Waals surface area contributed by atoms with Crippen molar-refractivity contribution in [2.75, 3.05) is 7.11 Å². The Balaban J connectivity index is 1.85. The highest BCUT2D eigenvalue weighted by atomic mass is 79.9. The van der Waals surface area contributed by atoms with Gasteiger partial charge in [-0.25, -0.2) is 5.43 Å². The normalized spacial score (nSPS) is 10.6. The minimum Gasteiger partial charge on any atom is -0.497 e. The second kappa shape index (κ2) is 7.59. The van der Waals surface area contributed by atoms with Gasteiger partial charge in [0.25, 0.3) is 0 Å². The van der Waals surface area contributed by atoms with Gasteiger partial charge in [-0.1, -0.05) is 40.2 Å². The molecule has 0 heterocycles. The molecule has 21 heavy (non-hydrogen) atoms. The summed E-state index contributed by atoms with van der Waals surface area (Å²) in [5.41, 5.74) is 4.34. The molecule has 0 saturated carbocycles. The average molecular weight is 347 g/mol. The third kappa shape index (κ3) is 5.04. The van der Waals surface area contributed by atoms with Gasteiger partial charge >= 0.3 is 0 Å². The summed E-state index contributed by atoms with van der Waals surface area (Å²) in [5.74, 6) is 0.612. The highest BCUT2D eigenvalue weighted by Gasteiger charge is 2.02. The summed E-state index contributed by atoms with van der Waals surface area (Å²) in [5, 5.41) is 3.94. The molecule has 0 aromatic heterocycles. The van der Waals surface area contributed by atoms with Crippen LogP contribution in [0.2, 0.25) is 0 Å². The van der Waals surface area contributed by atoms with Crippen LogP contribution in [-0.4, -0.2) is 19.2 Å². The van der Waals surface area contributed by atoms with Crippen LogP contribution in [0.4, 0.5) is 0 Å². The SMILES string of the molecule is COc1ccc(CC(=O)N/N=C/c2ccc(Br)cc2)cc1. The van der Waals surface area contributed by atoms with E-state index in [9.17, 15) is 4.79 Å². The standard InChI is InChI=1S/C16H15BrN2O2/c1-21-15-8-4-12(5-9-15)10-16(20)19-18-11-13-2-6-14(17)7-3-13/h2-9,11H,10H2,1H3,(H,19,20)/b18-11+. The van der Waals surface area contributed by atoms with Crippen LogP contribution in [0.1, 0.15) is 11.1 Å². The maximum atomic E-state index is 11.7. The lowest BCUT2D eigenvalue weighted by molar-refractivity contribution is -0.120. The summed E-state index contributed by atoms with van der Waals surface area (Å²) in [6, 6.07) is 15.0. The van der Waals surface area contributed by atoms with E-state index in [1.807, 2.05) is 48.5 Å². The largest absolute Gasteiger partial charge is 0.497 e. The van der Waals surface area contributed by atoms with E-state index >= 15 is 0 Å². The number of rotatable bonds is 5. The number of hydrogen-bond acceptors (Lipinski definition) is 3. The number of nitrogens with one attached hydrogen (secondary N) is 1. The quantitative estimate of drug-likeness (QED) is 0.667. The fraction of sp³-hybridized carbons (Fsp3) is 0.125. The van der Waals surface area contributed by atoms with Gasteiger partial charge in [0, 0.05) is 4.47 Å². The Morgan fingerprint density at radius 1 is 1.19 bits per heavy atom. The number of benzene rings is 2. The van der Waals surface area contributed by atoms with Crippen molar-refractivity contribution >= 4 is 28.1 Å². The Kier molecular flexibility index (Phi) is 5.51. The molecule has 108 valence electrons. The second-order valence-electron chi connectivity index (χ2n) is 4.37. The van der Waals surface area contributed by atoms with Crippen LogP contribution in [0.15, 0.2) is 58.1 Å². The molecule has 0 aliphatic heterocycles. The molecule has 0 fully saturated rings. The van der Waals surface area contributed by atoms with Gasteiger partial charge in [-0.3, -0.25) is 4.79 Å². The summed E-state index contributed by atoms with van der Waals surface area (Å²) in [4.78, 5) is 11.7. The number of ether oxygens (including phenoxy) is 1. The van der Waals surface area contributed by atoms with Gasteiger partial charge in [0.15, 0.2) is 0 Å². The molecule has 2 aromatic carbocycles. The second-order valence-corrected chi connectivity index (χ2v) is 5.29. The predicted molar refractivity (Wildman–Crippen MR) is 86.6 cm³/mol. The summed E-state index contributed by atoms with van der Waals surface area (Å²) < 4.78 is 6.07. The van der Waals surface area contributed by atoms with Gasteiger partial charge in [-0.05, 0) is 35.4 Å². The zero-order chi connectivity index (χ0) is 15.1. The van der Waals surface area contributed by atoms with Crippen molar-refractivity contribution < 1.29 is 9.53 Å². The monoisotopic (exact) mass is 346 g/mol. The highest BCUT2D eigenvalue weighted by molar-refractivity contribution is 9.10. The van der Waals surface area contributed by atoms with Crippen LogP contribution in [0, 0.1) is 0 Å². The fourth-order valence-corrected chi connectivity index (χ4v) is 1.96. The predicted octanol–water partition coefficient (Wildman–Crippen LogP) is 3.15. The molecule has 0 radical (unpaired) electrons. The average Bonchev–Trinajstić information content (AvgIpc) is 2.50. The molecule has 0 unspecified atom stereocenters. The van der Waals surface area contributed by atoms with Crippen molar-refractivity contribution in [2.24, 2.45) is 5.10 Å². The Bertz CT molecular complexity index is 622. The highest BCUT2D eigenvalue weighted by Crippen LogP contribution is 2.11. The number of methoxy groups -OCH3 is 1. The number of amides is 1. The van der Waals surface area contributed by atoms with Crippen LogP contribution in [0.5, 0.6) is 5.75 Å². The van der Waals surface area contributed by atoms with Gasteiger partial charge in [0.05, 0.1) is 19.7 Å². The van der Waals surface area contributed by atoms with Crippen LogP contribution < -0.4 is 10.2 Å². The topological polar surface area (TPSA) is 50.7 Å². The zero-order valence-corrected chi connectivity index (χ0v) is 13.1. The van der Waals surface area contributed by atoms with Gasteiger partial charge in [-0.15, -0.1) is 0 Å². The first-order chi connectivity index (χ1) is 10.2. The molecule has 4 nitrogen and oxygen atoms in total. The van der Waals surface area contributed by atoms with E-state index in [1.165, 1.54) is 0 Å². The molecule has 0 aliphatic rings.